The van der Waals surface area contributed by atoms with Crippen LogP contribution in [-0.4, -0.2) is 15.8 Å². The lowest BCUT2D eigenvalue weighted by atomic mass is 9.83. The average Bonchev–Trinajstić information content (AvgIpc) is 2.80. The van der Waals surface area contributed by atoms with Gasteiger partial charge in [-0.2, -0.15) is 5.10 Å². The van der Waals surface area contributed by atoms with Gasteiger partial charge in [-0.1, -0.05) is 19.8 Å². The van der Waals surface area contributed by atoms with Gasteiger partial charge in [0.1, 0.15) is 0 Å². The maximum Gasteiger partial charge on any atom is 0.0728 e. The molecular weight excluding hydrogens is 210 g/mol. The summed E-state index contributed by atoms with van der Waals surface area (Å²) in [7, 11) is 0. The summed E-state index contributed by atoms with van der Waals surface area (Å²) in [5.41, 5.74) is 1.19. The molecule has 1 fully saturated rings. The normalized spacial score (nSPS) is 24.8. The van der Waals surface area contributed by atoms with Crippen molar-refractivity contribution in [2.75, 3.05) is 5.32 Å². The summed E-state index contributed by atoms with van der Waals surface area (Å²) in [4.78, 5) is 0. The first kappa shape index (κ1) is 12.5. The van der Waals surface area contributed by atoms with Crippen LogP contribution in [0.3, 0.4) is 0 Å². The molecule has 3 nitrogen and oxygen atoms in total. The number of hydrogen-bond acceptors (Lipinski definition) is 2. The lowest BCUT2D eigenvalue weighted by molar-refractivity contribution is 0.319. The minimum atomic E-state index is 0.664. The van der Waals surface area contributed by atoms with E-state index >= 15 is 0 Å². The van der Waals surface area contributed by atoms with Crippen molar-refractivity contribution in [1.82, 2.24) is 9.78 Å². The Morgan fingerprint density at radius 1 is 1.29 bits per heavy atom. The number of aryl methyl sites for hydroxylation is 1. The van der Waals surface area contributed by atoms with Crippen LogP contribution in [0.15, 0.2) is 12.4 Å². The number of nitrogens with zero attached hydrogens (tertiary/aromatic N) is 2. The number of anilines is 1. The number of rotatable bonds is 5. The van der Waals surface area contributed by atoms with Gasteiger partial charge in [-0.3, -0.25) is 4.68 Å². The summed E-state index contributed by atoms with van der Waals surface area (Å²) in [6.07, 6.45) is 12.2. The molecule has 0 spiro atoms. The Morgan fingerprint density at radius 2 is 2.06 bits per heavy atom. The molecule has 1 aromatic heterocycles. The SMILES string of the molecule is CCCC1CCC(Nc2cnn(CC)c2)CC1. The average molecular weight is 235 g/mol. The van der Waals surface area contributed by atoms with E-state index in [4.69, 9.17) is 0 Å². The van der Waals surface area contributed by atoms with E-state index in [1.165, 1.54) is 44.2 Å². The zero-order valence-electron chi connectivity index (χ0n) is 11.2. The van der Waals surface area contributed by atoms with Crippen LogP contribution in [0.2, 0.25) is 0 Å². The van der Waals surface area contributed by atoms with Crippen LogP contribution in [0.5, 0.6) is 0 Å². The first-order valence-electron chi connectivity index (χ1n) is 7.10. The van der Waals surface area contributed by atoms with Gasteiger partial charge in [-0.05, 0) is 38.5 Å². The Morgan fingerprint density at radius 3 is 2.65 bits per heavy atom. The molecule has 0 aliphatic heterocycles. The van der Waals surface area contributed by atoms with Crippen molar-refractivity contribution in [2.24, 2.45) is 5.92 Å². The molecule has 1 aliphatic carbocycles. The summed E-state index contributed by atoms with van der Waals surface area (Å²) in [6.45, 7) is 5.36. The molecule has 0 radical (unpaired) electrons. The van der Waals surface area contributed by atoms with Crippen molar-refractivity contribution < 1.29 is 0 Å². The van der Waals surface area contributed by atoms with Gasteiger partial charge >= 0.3 is 0 Å². The van der Waals surface area contributed by atoms with Crippen LogP contribution >= 0.6 is 0 Å². The van der Waals surface area contributed by atoms with E-state index in [-0.39, 0.29) is 0 Å². The molecule has 0 atom stereocenters. The number of nitrogens with one attached hydrogen (secondary N) is 1. The molecule has 0 bridgehead atoms. The van der Waals surface area contributed by atoms with E-state index in [9.17, 15) is 0 Å². The van der Waals surface area contributed by atoms with Gasteiger partial charge in [-0.25, -0.2) is 0 Å². The lowest BCUT2D eigenvalue weighted by Gasteiger charge is -2.29. The molecule has 2 rings (SSSR count). The Labute approximate surface area is 105 Å². The summed E-state index contributed by atoms with van der Waals surface area (Å²) in [6, 6.07) is 0.664. The van der Waals surface area contributed by atoms with Gasteiger partial charge in [0.05, 0.1) is 11.9 Å². The predicted octanol–water partition coefficient (Wildman–Crippen LogP) is 3.67. The Hall–Kier alpha value is -0.990. The fourth-order valence-electron chi connectivity index (χ4n) is 2.85. The molecule has 0 aromatic carbocycles. The first-order chi connectivity index (χ1) is 8.31. The first-order valence-corrected chi connectivity index (χ1v) is 7.10. The second-order valence-corrected chi connectivity index (χ2v) is 5.24. The van der Waals surface area contributed by atoms with E-state index in [0.717, 1.165) is 12.5 Å². The molecule has 1 aromatic rings. The molecule has 0 unspecified atom stereocenters. The van der Waals surface area contributed by atoms with Crippen LogP contribution in [0.25, 0.3) is 0 Å². The Bertz CT molecular complexity index is 324. The third-order valence-corrected chi connectivity index (χ3v) is 3.87. The highest BCUT2D eigenvalue weighted by atomic mass is 15.3. The fraction of sp³-hybridized carbons (Fsp3) is 0.786. The molecule has 96 valence electrons. The van der Waals surface area contributed by atoms with Crippen LogP contribution in [-0.2, 0) is 6.54 Å². The summed E-state index contributed by atoms with van der Waals surface area (Å²) in [5, 5.41) is 7.91. The molecular formula is C14H25N3. The maximum absolute atomic E-state index is 4.30. The highest BCUT2D eigenvalue weighted by molar-refractivity contribution is 5.39. The van der Waals surface area contributed by atoms with Gasteiger partial charge in [0.25, 0.3) is 0 Å². The highest BCUT2D eigenvalue weighted by Crippen LogP contribution is 2.29. The van der Waals surface area contributed by atoms with Crippen LogP contribution in [0, 0.1) is 5.92 Å². The summed E-state index contributed by atoms with van der Waals surface area (Å²) in [5.74, 6) is 0.983. The smallest absolute Gasteiger partial charge is 0.0728 e. The standard InChI is InChI=1S/C14H25N3/c1-3-5-12-6-8-13(9-7-12)16-14-10-15-17(4-2)11-14/h10-13,16H,3-9H2,1-2H3. The number of hydrogen-bond donors (Lipinski definition) is 1. The summed E-state index contributed by atoms with van der Waals surface area (Å²) >= 11 is 0. The molecule has 3 heteroatoms. The van der Waals surface area contributed by atoms with E-state index in [1.54, 1.807) is 0 Å². The van der Waals surface area contributed by atoms with Crippen LogP contribution in [0.4, 0.5) is 5.69 Å². The van der Waals surface area contributed by atoms with Crippen LogP contribution < -0.4 is 5.32 Å². The molecule has 17 heavy (non-hydrogen) atoms. The van der Waals surface area contributed by atoms with Gasteiger partial charge in [0.15, 0.2) is 0 Å². The third kappa shape index (κ3) is 3.48. The predicted molar refractivity (Wildman–Crippen MR) is 72.2 cm³/mol. The Kier molecular flexibility index (Phi) is 4.46. The van der Waals surface area contributed by atoms with Crippen molar-refractivity contribution >= 4 is 5.69 Å². The largest absolute Gasteiger partial charge is 0.380 e. The summed E-state index contributed by atoms with van der Waals surface area (Å²) < 4.78 is 1.98. The molecule has 0 saturated heterocycles. The van der Waals surface area contributed by atoms with Crippen molar-refractivity contribution in [1.29, 1.82) is 0 Å². The quantitative estimate of drug-likeness (QED) is 0.844. The molecule has 0 amide bonds. The zero-order valence-corrected chi connectivity index (χ0v) is 11.2. The van der Waals surface area contributed by atoms with Crippen molar-refractivity contribution in [3.05, 3.63) is 12.4 Å². The van der Waals surface area contributed by atoms with E-state index < -0.39 is 0 Å². The van der Waals surface area contributed by atoms with Crippen molar-refractivity contribution in [2.45, 2.75) is 65.0 Å². The number of aromatic nitrogens is 2. The Balaban J connectivity index is 1.77. The van der Waals surface area contributed by atoms with E-state index in [2.05, 4.69) is 30.5 Å². The van der Waals surface area contributed by atoms with Gasteiger partial charge in [-0.15, -0.1) is 0 Å². The van der Waals surface area contributed by atoms with Gasteiger partial charge in [0, 0.05) is 18.8 Å². The van der Waals surface area contributed by atoms with Gasteiger partial charge < -0.3 is 5.32 Å². The van der Waals surface area contributed by atoms with Crippen LogP contribution in [0.1, 0.15) is 52.4 Å². The molecule has 1 aliphatic rings. The van der Waals surface area contributed by atoms with E-state index in [0.29, 0.717) is 6.04 Å². The molecule has 1 saturated carbocycles. The monoisotopic (exact) mass is 235 g/mol. The maximum atomic E-state index is 4.30. The highest BCUT2D eigenvalue weighted by Gasteiger charge is 2.20. The van der Waals surface area contributed by atoms with Gasteiger partial charge in [0.2, 0.25) is 0 Å². The van der Waals surface area contributed by atoms with E-state index in [1.807, 2.05) is 10.9 Å². The minimum absolute atomic E-state index is 0.664. The molecule has 1 N–H and O–H groups in total. The zero-order chi connectivity index (χ0) is 12.1. The van der Waals surface area contributed by atoms with Crippen molar-refractivity contribution in [3.63, 3.8) is 0 Å². The molecule has 1 heterocycles. The third-order valence-electron chi connectivity index (χ3n) is 3.87. The second-order valence-electron chi connectivity index (χ2n) is 5.24. The lowest BCUT2D eigenvalue weighted by Crippen LogP contribution is -2.25. The fourth-order valence-corrected chi connectivity index (χ4v) is 2.85. The second kappa shape index (κ2) is 6.08. The van der Waals surface area contributed by atoms with Crippen molar-refractivity contribution in [3.8, 4) is 0 Å². The minimum Gasteiger partial charge on any atom is -0.380 e. The topological polar surface area (TPSA) is 29.9 Å².